The van der Waals surface area contributed by atoms with Crippen LogP contribution in [0.5, 0.6) is 0 Å². The molecule has 0 saturated heterocycles. The number of para-hydroxylation sites is 1. The molecule has 0 aliphatic carbocycles. The lowest BCUT2D eigenvalue weighted by atomic mass is 9.96. The molecule has 1 radical (unpaired) electrons. The number of allylic oxidation sites excluding steroid dienone is 1. The lowest BCUT2D eigenvalue weighted by Crippen LogP contribution is -2.13. The van der Waals surface area contributed by atoms with E-state index >= 15 is 0 Å². The summed E-state index contributed by atoms with van der Waals surface area (Å²) < 4.78 is 0. The molecule has 0 amide bonds. The van der Waals surface area contributed by atoms with E-state index in [1.54, 1.807) is 4.90 Å². The molecule has 2 nitrogen and oxygen atoms in total. The van der Waals surface area contributed by atoms with Crippen LogP contribution in [0.1, 0.15) is 11.5 Å². The van der Waals surface area contributed by atoms with Gasteiger partial charge in [0.2, 0.25) is 0 Å². The summed E-state index contributed by atoms with van der Waals surface area (Å²) in [5.41, 5.74) is 2.04. The summed E-state index contributed by atoms with van der Waals surface area (Å²) in [4.78, 5) is 1.78. The van der Waals surface area contributed by atoms with Crippen LogP contribution in [-0.2, 0) is 0 Å². The van der Waals surface area contributed by atoms with E-state index < -0.39 is 0 Å². The van der Waals surface area contributed by atoms with Crippen molar-refractivity contribution in [1.82, 2.24) is 0 Å². The number of hydrogen-bond acceptors (Lipinski definition) is 2. The van der Waals surface area contributed by atoms with Crippen LogP contribution in [0, 0.1) is 18.4 Å². The average Bonchev–Trinajstić information content (AvgIpc) is 2.19. The third-order valence-electron chi connectivity index (χ3n) is 2.18. The molecule has 1 unspecified atom stereocenters. The van der Waals surface area contributed by atoms with Crippen molar-refractivity contribution in [3.05, 3.63) is 49.2 Å². The van der Waals surface area contributed by atoms with Crippen molar-refractivity contribution in [2.24, 2.45) is 0 Å². The predicted molar refractivity (Wildman–Crippen MR) is 51.8 cm³/mol. The molecular weight excluding hydrogens is 160 g/mol. The maximum Gasteiger partial charge on any atom is 0.0930 e. The molecule has 0 aromatic heterocycles. The first kappa shape index (κ1) is 7.88. The Labute approximate surface area is 77.7 Å². The molecule has 0 saturated carbocycles. The SMILES string of the molecule is [CH2]N1C=CC(C#N)c2ccccc21. The summed E-state index contributed by atoms with van der Waals surface area (Å²) in [5, 5.41) is 8.88. The number of nitriles is 1. The van der Waals surface area contributed by atoms with Gasteiger partial charge in [0, 0.05) is 18.9 Å². The Hall–Kier alpha value is -1.75. The van der Waals surface area contributed by atoms with Gasteiger partial charge in [0.15, 0.2) is 0 Å². The second-order valence-electron chi connectivity index (χ2n) is 2.98. The van der Waals surface area contributed by atoms with Crippen molar-refractivity contribution in [2.45, 2.75) is 5.92 Å². The fraction of sp³-hybridized carbons (Fsp3) is 0.0909. The van der Waals surface area contributed by atoms with Crippen LogP contribution in [0.3, 0.4) is 0 Å². The molecule has 63 valence electrons. The Balaban J connectivity index is 2.55. The van der Waals surface area contributed by atoms with E-state index in [-0.39, 0.29) is 5.92 Å². The van der Waals surface area contributed by atoms with Crippen LogP contribution in [-0.4, -0.2) is 0 Å². The van der Waals surface area contributed by atoms with E-state index in [9.17, 15) is 0 Å². The molecule has 0 N–H and O–H groups in total. The lowest BCUT2D eigenvalue weighted by molar-refractivity contribution is 1.03. The number of nitrogens with zero attached hydrogens (tertiary/aromatic N) is 2. The standard InChI is InChI=1S/C11H9N2/c1-13-7-6-9(8-12)10-4-2-3-5-11(10)13/h2-7,9H,1H2. The van der Waals surface area contributed by atoms with Crippen molar-refractivity contribution in [3.8, 4) is 6.07 Å². The zero-order valence-corrected chi connectivity index (χ0v) is 7.14. The molecule has 1 aliphatic heterocycles. The van der Waals surface area contributed by atoms with Gasteiger partial charge in [0.1, 0.15) is 0 Å². The molecule has 13 heavy (non-hydrogen) atoms. The second-order valence-corrected chi connectivity index (χ2v) is 2.98. The van der Waals surface area contributed by atoms with Crippen molar-refractivity contribution in [1.29, 1.82) is 5.26 Å². The van der Waals surface area contributed by atoms with Gasteiger partial charge in [-0.15, -0.1) is 0 Å². The smallest absolute Gasteiger partial charge is 0.0930 e. The van der Waals surface area contributed by atoms with Crippen LogP contribution >= 0.6 is 0 Å². The largest absolute Gasteiger partial charge is 0.346 e. The third kappa shape index (κ3) is 1.19. The molecule has 1 heterocycles. The van der Waals surface area contributed by atoms with Crippen LogP contribution < -0.4 is 4.90 Å². The monoisotopic (exact) mass is 169 g/mol. The number of hydrogen-bond donors (Lipinski definition) is 0. The van der Waals surface area contributed by atoms with Gasteiger partial charge in [-0.1, -0.05) is 18.2 Å². The third-order valence-corrected chi connectivity index (χ3v) is 2.18. The lowest BCUT2D eigenvalue weighted by Gasteiger charge is -2.23. The van der Waals surface area contributed by atoms with Gasteiger partial charge >= 0.3 is 0 Å². The summed E-state index contributed by atoms with van der Waals surface area (Å²) in [5.74, 6) is -0.130. The number of anilines is 1. The molecule has 0 fully saturated rings. The fourth-order valence-electron chi connectivity index (χ4n) is 1.50. The average molecular weight is 169 g/mol. The van der Waals surface area contributed by atoms with E-state index in [4.69, 9.17) is 5.26 Å². The highest BCUT2D eigenvalue weighted by Crippen LogP contribution is 2.31. The zero-order valence-electron chi connectivity index (χ0n) is 7.14. The van der Waals surface area contributed by atoms with Crippen LogP contribution in [0.15, 0.2) is 36.5 Å². The van der Waals surface area contributed by atoms with E-state index in [0.29, 0.717) is 0 Å². The van der Waals surface area contributed by atoms with E-state index in [0.717, 1.165) is 11.3 Å². The molecule has 1 aromatic rings. The summed E-state index contributed by atoms with van der Waals surface area (Å²) in [6.07, 6.45) is 3.69. The van der Waals surface area contributed by atoms with Gasteiger partial charge in [0.05, 0.1) is 12.0 Å². The van der Waals surface area contributed by atoms with Gasteiger partial charge in [0.25, 0.3) is 0 Å². The number of rotatable bonds is 0. The van der Waals surface area contributed by atoms with Crippen LogP contribution in [0.4, 0.5) is 5.69 Å². The van der Waals surface area contributed by atoms with Crippen molar-refractivity contribution in [3.63, 3.8) is 0 Å². The Kier molecular flexibility index (Phi) is 1.79. The summed E-state index contributed by atoms with van der Waals surface area (Å²) in [7, 11) is 3.84. The minimum absolute atomic E-state index is 0.130. The summed E-state index contributed by atoms with van der Waals surface area (Å²) in [6, 6.07) is 10.1. The molecule has 1 aliphatic rings. The van der Waals surface area contributed by atoms with E-state index in [1.807, 2.05) is 36.5 Å². The summed E-state index contributed by atoms with van der Waals surface area (Å²) in [6.45, 7) is 0. The molecule has 0 spiro atoms. The maximum absolute atomic E-state index is 8.88. The predicted octanol–water partition coefficient (Wildman–Crippen LogP) is 2.42. The molecule has 0 bridgehead atoms. The second kappa shape index (κ2) is 2.95. The van der Waals surface area contributed by atoms with Gasteiger partial charge in [-0.2, -0.15) is 5.26 Å². The first-order valence-corrected chi connectivity index (χ1v) is 4.09. The Morgan fingerprint density at radius 3 is 2.92 bits per heavy atom. The van der Waals surface area contributed by atoms with Gasteiger partial charge in [-0.05, 0) is 17.7 Å². The van der Waals surface area contributed by atoms with Gasteiger partial charge < -0.3 is 4.90 Å². The maximum atomic E-state index is 8.88. The molecule has 1 atom stereocenters. The Bertz CT molecular complexity index is 387. The molecule has 2 rings (SSSR count). The quantitative estimate of drug-likeness (QED) is 0.596. The van der Waals surface area contributed by atoms with Crippen LogP contribution in [0.2, 0.25) is 0 Å². The molecular formula is C11H9N2. The first-order valence-electron chi connectivity index (χ1n) is 4.09. The molecule has 2 heteroatoms. The van der Waals surface area contributed by atoms with Crippen molar-refractivity contribution in [2.75, 3.05) is 4.90 Å². The minimum Gasteiger partial charge on any atom is -0.346 e. The fourth-order valence-corrected chi connectivity index (χ4v) is 1.50. The zero-order chi connectivity index (χ0) is 9.26. The van der Waals surface area contributed by atoms with Crippen LogP contribution in [0.25, 0.3) is 0 Å². The topological polar surface area (TPSA) is 27.0 Å². The van der Waals surface area contributed by atoms with Crippen molar-refractivity contribution < 1.29 is 0 Å². The highest BCUT2D eigenvalue weighted by molar-refractivity contribution is 5.62. The number of fused-ring (bicyclic) bond motifs is 1. The highest BCUT2D eigenvalue weighted by Gasteiger charge is 2.17. The minimum atomic E-state index is -0.130. The summed E-state index contributed by atoms with van der Waals surface area (Å²) >= 11 is 0. The number of benzene rings is 1. The normalized spacial score (nSPS) is 19.4. The Morgan fingerprint density at radius 1 is 1.38 bits per heavy atom. The van der Waals surface area contributed by atoms with E-state index in [2.05, 4.69) is 13.1 Å². The first-order chi connectivity index (χ1) is 6.33. The van der Waals surface area contributed by atoms with Gasteiger partial charge in [-0.25, -0.2) is 0 Å². The molecule has 1 aromatic carbocycles. The van der Waals surface area contributed by atoms with Gasteiger partial charge in [-0.3, -0.25) is 0 Å². The Morgan fingerprint density at radius 2 is 2.15 bits per heavy atom. The van der Waals surface area contributed by atoms with E-state index in [1.165, 1.54) is 0 Å². The highest BCUT2D eigenvalue weighted by atomic mass is 15.1. The van der Waals surface area contributed by atoms with Crippen molar-refractivity contribution >= 4 is 5.69 Å².